The molecule has 18 fully saturated rings. The molecule has 5 aliphatic carbocycles. The fraction of sp³-hybridized carbons (Fsp3) is 0.896. The van der Waals surface area contributed by atoms with E-state index in [9.17, 15) is 21.6 Å². The van der Waals surface area contributed by atoms with Gasteiger partial charge in [-0.05, 0) is 293 Å². The molecule has 24 nitrogen and oxygen atoms in total. The Labute approximate surface area is 843 Å². The van der Waals surface area contributed by atoms with Crippen molar-refractivity contribution in [2.45, 2.75) is 347 Å². The Kier molecular flexibility index (Phi) is 110. The van der Waals surface area contributed by atoms with Gasteiger partial charge in [-0.3, -0.25) is 14.8 Å². The van der Waals surface area contributed by atoms with Gasteiger partial charge in [0, 0.05) is 155 Å². The molecule has 18 aliphatic heterocycles. The van der Waals surface area contributed by atoms with Crippen molar-refractivity contribution in [1.29, 1.82) is 0 Å². The van der Waals surface area contributed by atoms with E-state index in [2.05, 4.69) is 110 Å². The zero-order chi connectivity index (χ0) is 96.5. The van der Waals surface area contributed by atoms with E-state index in [0.717, 1.165) is 150 Å². The summed E-state index contributed by atoms with van der Waals surface area (Å²) < 4.78 is 71.7. The summed E-state index contributed by atoms with van der Waals surface area (Å²) in [6.07, 6.45) is 89.1. The van der Waals surface area contributed by atoms with Crippen molar-refractivity contribution in [3.8, 4) is 0 Å². The quantitative estimate of drug-likeness (QED) is 0.0796. The lowest BCUT2D eigenvalue weighted by Gasteiger charge is -2.10. The second-order valence-corrected chi connectivity index (χ2v) is 44.6. The van der Waals surface area contributed by atoms with E-state index >= 15 is 0 Å². The number of ether oxygens (including phenoxy) is 6. The number of Topliss-reactive ketones (excluding diaryl/α,β-unsaturated/α-hetero) is 1. The maximum atomic E-state index is 10.6. The molecule has 0 spiro atoms. The third kappa shape index (κ3) is 115. The molecule has 10 N–H and O–H groups in total. The molecular weight excluding hydrogens is 1790 g/mol. The molecule has 0 radical (unpaired) electrons. The van der Waals surface area contributed by atoms with E-state index in [0.29, 0.717) is 41.9 Å². The summed E-state index contributed by atoms with van der Waals surface area (Å²) >= 11 is 5.78. The number of ketones is 1. The topological polar surface area (TPSA) is 289 Å². The highest BCUT2D eigenvalue weighted by Gasteiger charge is 2.17. The highest BCUT2D eigenvalue weighted by Crippen LogP contribution is 2.19. The number of sulfone groups is 2. The highest BCUT2D eigenvalue weighted by molar-refractivity contribution is 8.04. The Morgan fingerprint density at radius 2 is 0.659 bits per heavy atom. The second-order valence-electron chi connectivity index (χ2n) is 36.8. The average Bonchev–Trinajstić information content (AvgIpc) is 1.86. The largest absolute Gasteiger partial charge is 0.482 e. The van der Waals surface area contributed by atoms with Gasteiger partial charge in [0.25, 0.3) is 0 Å². The number of carbonyl (C=O) groups is 1. The first-order chi connectivity index (χ1) is 66.7. The van der Waals surface area contributed by atoms with Crippen LogP contribution >= 0.6 is 35.3 Å². The first-order valence-electron chi connectivity index (χ1n) is 55.3. The number of nitrogens with zero attached hydrogens (tertiary/aromatic N) is 3. The molecule has 0 atom stereocenters. The number of carbonyl (C=O) groups excluding carboxylic acids is 1. The van der Waals surface area contributed by atoms with E-state index in [1.807, 2.05) is 47.4 Å². The minimum atomic E-state index is -2.65. The van der Waals surface area contributed by atoms with Gasteiger partial charge >= 0.3 is 0 Å². The first-order valence-corrected chi connectivity index (χ1v) is 62.2. The molecule has 14 saturated heterocycles. The van der Waals surface area contributed by atoms with Crippen molar-refractivity contribution in [3.05, 3.63) is 47.6 Å². The van der Waals surface area contributed by atoms with Crippen molar-refractivity contribution in [3.63, 3.8) is 0 Å². The minimum Gasteiger partial charge on any atom is -0.482 e. The van der Waals surface area contributed by atoms with Crippen molar-refractivity contribution in [2.75, 3.05) is 263 Å². The molecule has 796 valence electrons. The number of piperidine rings is 2. The van der Waals surface area contributed by atoms with Gasteiger partial charge in [0.2, 0.25) is 0 Å². The van der Waals surface area contributed by atoms with Gasteiger partial charge in [0.05, 0.1) is 42.8 Å². The molecule has 29 heteroatoms. The van der Waals surface area contributed by atoms with Crippen LogP contribution in [0.15, 0.2) is 57.6 Å². The molecule has 135 heavy (non-hydrogen) atoms. The van der Waals surface area contributed by atoms with Gasteiger partial charge < -0.3 is 86.5 Å². The van der Waals surface area contributed by atoms with Crippen molar-refractivity contribution in [2.24, 2.45) is 9.98 Å². The van der Waals surface area contributed by atoms with Crippen LogP contribution in [0, 0.1) is 0 Å². The van der Waals surface area contributed by atoms with Gasteiger partial charge in [0.15, 0.2) is 16.2 Å². The second kappa shape index (κ2) is 114. The summed E-state index contributed by atoms with van der Waals surface area (Å²) in [4.78, 5) is 20.3. The number of aliphatic imine (C=N–C) groups is 2. The van der Waals surface area contributed by atoms with Crippen LogP contribution in [0.5, 0.6) is 0 Å². The Morgan fingerprint density at radius 3 is 0.852 bits per heavy atom. The highest BCUT2D eigenvalue weighted by atomic mass is 32.2. The van der Waals surface area contributed by atoms with Crippen LogP contribution in [0.1, 0.15) is 347 Å². The van der Waals surface area contributed by atoms with Crippen LogP contribution in [-0.4, -0.2) is 303 Å². The summed E-state index contributed by atoms with van der Waals surface area (Å²) in [6, 6.07) is 0. The van der Waals surface area contributed by atoms with Gasteiger partial charge in [-0.25, -0.2) is 16.8 Å². The third-order valence-electron chi connectivity index (χ3n) is 23.8. The first kappa shape index (κ1) is 131. The Balaban J connectivity index is 0.000000707. The van der Waals surface area contributed by atoms with Crippen LogP contribution in [0.3, 0.4) is 0 Å². The fourth-order valence-electron chi connectivity index (χ4n) is 14.8. The lowest BCUT2D eigenvalue weighted by atomic mass is 10.2. The van der Waals surface area contributed by atoms with Crippen molar-refractivity contribution >= 4 is 73.4 Å². The Bertz CT molecular complexity index is 2320. The molecule has 0 aromatic rings. The third-order valence-corrected chi connectivity index (χ3v) is 30.0. The summed E-state index contributed by atoms with van der Waals surface area (Å²) in [5.74, 6) is 7.37. The average molecular weight is 2000 g/mol. The number of hydrogen-bond donors (Lipinski definition) is 10. The van der Waals surface area contributed by atoms with E-state index < -0.39 is 19.7 Å². The monoisotopic (exact) mass is 2000 g/mol. The maximum Gasteiger partial charge on any atom is 0.169 e. The molecule has 23 aliphatic rings. The van der Waals surface area contributed by atoms with E-state index in [-0.39, 0.29) is 0 Å². The number of rotatable bonds is 0. The lowest BCUT2D eigenvalue weighted by molar-refractivity contribution is -0.117. The number of hydrogen-bond acceptors (Lipinski definition) is 27. The van der Waals surface area contributed by atoms with Crippen molar-refractivity contribution < 1.29 is 50.1 Å². The molecular formula is C106H211N13O11S5. The smallest absolute Gasteiger partial charge is 0.169 e. The van der Waals surface area contributed by atoms with Crippen LogP contribution in [0.2, 0.25) is 0 Å². The van der Waals surface area contributed by atoms with Crippen molar-refractivity contribution in [1.82, 2.24) is 58.1 Å². The normalized spacial score (nSPS) is 23.5. The number of morpholine rings is 1. The zero-order valence-corrected chi connectivity index (χ0v) is 90.7. The molecule has 0 bridgehead atoms. The van der Waals surface area contributed by atoms with Gasteiger partial charge in [-0.2, -0.15) is 23.5 Å². The predicted octanol–water partition coefficient (Wildman–Crippen LogP) is 19.7. The molecule has 18 heterocycles. The predicted molar refractivity (Wildman–Crippen MR) is 589 cm³/mol. The number of thioether (sulfide) groups is 3. The number of likely N-dealkylation sites (N-methyl/N-ethyl adjacent to an activating group) is 1. The lowest BCUT2D eigenvalue weighted by Crippen LogP contribution is -2.35. The van der Waals surface area contributed by atoms with Crippen LogP contribution in [0.25, 0.3) is 0 Å². The molecule has 0 unspecified atom stereocenters. The molecule has 0 aromatic heterocycles. The van der Waals surface area contributed by atoms with Gasteiger partial charge in [-0.15, -0.1) is 11.8 Å². The fourth-order valence-corrected chi connectivity index (χ4v) is 19.6. The van der Waals surface area contributed by atoms with E-state index in [1.165, 1.54) is 423 Å². The van der Waals surface area contributed by atoms with Crippen LogP contribution in [0.4, 0.5) is 0 Å². The van der Waals surface area contributed by atoms with E-state index in [1.54, 1.807) is 11.8 Å². The Hall–Kier alpha value is -2.24. The summed E-state index contributed by atoms with van der Waals surface area (Å²) in [7, 11) is -3.02. The van der Waals surface area contributed by atoms with Crippen LogP contribution < -0.4 is 53.2 Å². The molecule has 23 rings (SSSR count). The summed E-state index contributed by atoms with van der Waals surface area (Å²) in [5.41, 5.74) is 0. The Morgan fingerprint density at radius 1 is 0.289 bits per heavy atom. The SMILES string of the molecule is C1=CCCC1.C1=CNCCC1.C1=CSC=CN1.C1=NCCC1.C1=NCCO1.C1CCCC1.C1CCCCCC1.C1CCCCCC1.C1CCCOCC1.C1CCNC1.C1CCNCC1.C1CCNCC1.C1CCOC1.C1CCOCC1.C1CCSC1.C1CNC1.C1COC1.C1COCCN1.C1CSCCN1.CN1CCCNCC1.O=C1CCCC1.O=S1(=O)CCCC1.O=S1(=O)CCNCC1. The number of allylic oxidation sites excluding steroid dienone is 3. The molecule has 4 saturated carbocycles. The van der Waals surface area contributed by atoms with Gasteiger partial charge in [-0.1, -0.05) is 166 Å². The molecule has 0 amide bonds. The molecule has 0 aromatic carbocycles. The summed E-state index contributed by atoms with van der Waals surface area (Å²) in [5, 5.41) is 35.6. The van der Waals surface area contributed by atoms with Gasteiger partial charge in [0.1, 0.15) is 22.2 Å². The number of nitrogens with one attached hydrogen (secondary N) is 10. The minimum absolute atomic E-state index is 0.312. The maximum absolute atomic E-state index is 10.6. The van der Waals surface area contributed by atoms with Crippen LogP contribution in [-0.2, 0) is 52.9 Å². The van der Waals surface area contributed by atoms with E-state index in [4.69, 9.17) is 23.7 Å². The standard InChI is InChI=1S/2C7H14.C6H14N2.C6H12O.2C5H11N.C5H9N.C5H10O.C5H8O.C5H10.C5H8.C4H9NO2S.C4H9NO.C4H9NS.C4H5NS.C4H9N.C4H7N.C4H8O2S.C4H8O.C4H8S.C3H5NO.C3H7N.C3H6O/c2*1-2-4-6-7-5-3-1;1-8-5-2-3-7-4-6-8;1-2-4-6-7-5-3-1;4*1-2-4-6-5-3-1;6-5-3-1-2-4-5;2*1-2-4-5-3-1;6-8(7)3-1-5-2-4-8;3*1-3-6-4-2-5-1;2*1-2-4-5-3-1;5-7(6)3-1-2-4-7;2*1-2-4-5-3-1;1-2-5-3-4-1;2*1-2-4-3-1/h2*1-7H2;7H,2-6H2,1H3;1-6H2;2*6H,1-5H2;2,4,6H,1,3,5H2;1-5H2;1-4H2;1-5H2;1-2H,3-5H2;5H,1-4H2;2*5H,1-4H2;1-5H;5H,1-4H2;3H,1-2,4H2;1-4H2;2*1-4H2;3H,1-2H2;4H,1-3H2;1-3H2. The summed E-state index contributed by atoms with van der Waals surface area (Å²) in [6.45, 7) is 34.2. The zero-order valence-electron chi connectivity index (χ0n) is 86.6.